The summed E-state index contributed by atoms with van der Waals surface area (Å²) in [7, 11) is 0. The Bertz CT molecular complexity index is 518. The Kier molecular flexibility index (Phi) is 2.19. The molecular weight excluding hydrogens is 197 g/mol. The lowest BCUT2D eigenvalue weighted by atomic mass is 10.1. The molecule has 0 saturated heterocycles. The number of aryl methyl sites for hydroxylation is 1. The molecule has 2 rings (SSSR count). The highest BCUT2D eigenvalue weighted by atomic mass is 19.1. The van der Waals surface area contributed by atoms with Crippen molar-refractivity contribution in [1.29, 1.82) is 0 Å². The lowest BCUT2D eigenvalue weighted by Crippen LogP contribution is -2.06. The number of aromatic nitrogens is 1. The van der Waals surface area contributed by atoms with E-state index in [0.29, 0.717) is 11.1 Å². The third kappa shape index (κ3) is 1.48. The maximum absolute atomic E-state index is 13.5. The van der Waals surface area contributed by atoms with Crippen LogP contribution in [0, 0.1) is 6.92 Å². The van der Waals surface area contributed by atoms with Crippen LogP contribution >= 0.6 is 0 Å². The zero-order valence-electron chi connectivity index (χ0n) is 8.12. The summed E-state index contributed by atoms with van der Waals surface area (Å²) in [6.07, 6.45) is -1.97. The smallest absolute Gasteiger partial charge is 0.343 e. The number of H-pyrrole nitrogens is 1. The van der Waals surface area contributed by atoms with Crippen LogP contribution in [0.15, 0.2) is 24.3 Å². The van der Waals surface area contributed by atoms with E-state index in [1.165, 1.54) is 0 Å². The van der Waals surface area contributed by atoms with Crippen molar-refractivity contribution < 1.29 is 14.3 Å². The summed E-state index contributed by atoms with van der Waals surface area (Å²) in [4.78, 5) is 13.6. The minimum Gasteiger partial charge on any atom is -0.479 e. The van der Waals surface area contributed by atoms with Crippen LogP contribution in [-0.4, -0.2) is 16.1 Å². The molecule has 0 spiro atoms. The lowest BCUT2D eigenvalue weighted by Gasteiger charge is -2.02. The number of fused-ring (bicyclic) bond motifs is 1. The van der Waals surface area contributed by atoms with Gasteiger partial charge in [-0.3, -0.25) is 0 Å². The number of carboxylic acids is 1. The van der Waals surface area contributed by atoms with Gasteiger partial charge in [0, 0.05) is 22.2 Å². The van der Waals surface area contributed by atoms with Gasteiger partial charge in [0.1, 0.15) is 0 Å². The molecule has 1 atom stereocenters. The van der Waals surface area contributed by atoms with Gasteiger partial charge in [-0.1, -0.05) is 18.2 Å². The van der Waals surface area contributed by atoms with Gasteiger partial charge in [-0.25, -0.2) is 9.18 Å². The first-order valence-corrected chi connectivity index (χ1v) is 4.55. The molecule has 78 valence electrons. The lowest BCUT2D eigenvalue weighted by molar-refractivity contribution is -0.143. The van der Waals surface area contributed by atoms with E-state index < -0.39 is 12.1 Å². The van der Waals surface area contributed by atoms with Crippen molar-refractivity contribution in [3.8, 4) is 0 Å². The van der Waals surface area contributed by atoms with Crippen LogP contribution in [0.2, 0.25) is 0 Å². The fourth-order valence-electron chi connectivity index (χ4n) is 1.75. The molecule has 15 heavy (non-hydrogen) atoms. The van der Waals surface area contributed by atoms with Crippen molar-refractivity contribution in [2.45, 2.75) is 13.1 Å². The van der Waals surface area contributed by atoms with E-state index >= 15 is 0 Å². The number of halogens is 1. The van der Waals surface area contributed by atoms with Crippen LogP contribution in [0.1, 0.15) is 17.4 Å². The van der Waals surface area contributed by atoms with Crippen LogP contribution in [-0.2, 0) is 4.79 Å². The van der Waals surface area contributed by atoms with Crippen LogP contribution in [0.4, 0.5) is 4.39 Å². The first kappa shape index (κ1) is 9.71. The molecule has 2 aromatic rings. The van der Waals surface area contributed by atoms with Crippen molar-refractivity contribution >= 4 is 16.9 Å². The average Bonchev–Trinajstić information content (AvgIpc) is 2.52. The molecule has 1 aromatic heterocycles. The van der Waals surface area contributed by atoms with Gasteiger partial charge in [0.15, 0.2) is 0 Å². The van der Waals surface area contributed by atoms with E-state index in [4.69, 9.17) is 5.11 Å². The molecule has 0 amide bonds. The molecule has 0 aliphatic rings. The number of carbonyl (C=O) groups is 1. The standard InChI is InChI=1S/C11H10FNO2/c1-6-9(10(12)11(14)15)7-4-2-3-5-8(7)13-6/h2-5,10,13H,1H3,(H,14,15). The topological polar surface area (TPSA) is 53.1 Å². The first-order valence-electron chi connectivity index (χ1n) is 4.55. The Balaban J connectivity index is 2.68. The number of alkyl halides is 1. The van der Waals surface area contributed by atoms with Gasteiger partial charge < -0.3 is 10.1 Å². The summed E-state index contributed by atoms with van der Waals surface area (Å²) in [5, 5.41) is 9.28. The fourth-order valence-corrected chi connectivity index (χ4v) is 1.75. The monoisotopic (exact) mass is 207 g/mol. The number of aliphatic carboxylic acids is 1. The number of carboxylic acid groups (broad SMARTS) is 1. The summed E-state index contributed by atoms with van der Waals surface area (Å²) < 4.78 is 13.5. The van der Waals surface area contributed by atoms with Gasteiger partial charge in [-0.15, -0.1) is 0 Å². The zero-order valence-corrected chi connectivity index (χ0v) is 8.12. The number of hydrogen-bond donors (Lipinski definition) is 2. The van der Waals surface area contributed by atoms with Crippen molar-refractivity contribution in [3.63, 3.8) is 0 Å². The Morgan fingerprint density at radius 1 is 1.47 bits per heavy atom. The van der Waals surface area contributed by atoms with E-state index in [9.17, 15) is 9.18 Å². The number of rotatable bonds is 2. The molecule has 1 heterocycles. The molecule has 0 saturated carbocycles. The van der Waals surface area contributed by atoms with E-state index in [0.717, 1.165) is 5.52 Å². The predicted octanol–water partition coefficient (Wildman–Crippen LogP) is 2.57. The van der Waals surface area contributed by atoms with Crippen LogP contribution < -0.4 is 0 Å². The number of aromatic amines is 1. The predicted molar refractivity (Wildman–Crippen MR) is 54.5 cm³/mol. The summed E-state index contributed by atoms with van der Waals surface area (Å²) >= 11 is 0. The summed E-state index contributed by atoms with van der Waals surface area (Å²) in [6, 6.07) is 7.08. The first-order chi connectivity index (χ1) is 7.11. The molecule has 0 fully saturated rings. The Labute approximate surface area is 85.5 Å². The van der Waals surface area contributed by atoms with Gasteiger partial charge in [0.05, 0.1) is 0 Å². The molecular formula is C11H10FNO2. The minimum absolute atomic E-state index is 0.220. The molecule has 0 bridgehead atoms. The second-order valence-electron chi connectivity index (χ2n) is 3.41. The van der Waals surface area contributed by atoms with Gasteiger partial charge >= 0.3 is 5.97 Å². The van der Waals surface area contributed by atoms with Crippen molar-refractivity contribution in [2.75, 3.05) is 0 Å². The van der Waals surface area contributed by atoms with E-state index in [-0.39, 0.29) is 5.56 Å². The molecule has 0 aliphatic carbocycles. The van der Waals surface area contributed by atoms with E-state index in [1.54, 1.807) is 25.1 Å². The molecule has 4 heteroatoms. The number of hydrogen-bond acceptors (Lipinski definition) is 1. The molecule has 0 radical (unpaired) electrons. The maximum atomic E-state index is 13.5. The normalized spacial score (nSPS) is 12.9. The highest BCUT2D eigenvalue weighted by Crippen LogP contribution is 2.29. The van der Waals surface area contributed by atoms with Gasteiger partial charge in [-0.05, 0) is 13.0 Å². The van der Waals surface area contributed by atoms with Gasteiger partial charge in [-0.2, -0.15) is 0 Å². The van der Waals surface area contributed by atoms with Crippen LogP contribution in [0.25, 0.3) is 10.9 Å². The molecule has 0 aliphatic heterocycles. The number of para-hydroxylation sites is 1. The van der Waals surface area contributed by atoms with Crippen LogP contribution in [0.3, 0.4) is 0 Å². The third-order valence-corrected chi connectivity index (χ3v) is 2.41. The largest absolute Gasteiger partial charge is 0.479 e. The molecule has 1 unspecified atom stereocenters. The second-order valence-corrected chi connectivity index (χ2v) is 3.41. The average molecular weight is 207 g/mol. The van der Waals surface area contributed by atoms with Crippen molar-refractivity contribution in [2.24, 2.45) is 0 Å². The number of benzene rings is 1. The summed E-state index contributed by atoms with van der Waals surface area (Å²) in [5.41, 5.74) is 1.54. The quantitative estimate of drug-likeness (QED) is 0.795. The van der Waals surface area contributed by atoms with Gasteiger partial charge in [0.2, 0.25) is 6.17 Å². The third-order valence-electron chi connectivity index (χ3n) is 2.41. The fraction of sp³-hybridized carbons (Fsp3) is 0.182. The Hall–Kier alpha value is -1.84. The highest BCUT2D eigenvalue weighted by molar-refractivity contribution is 5.89. The maximum Gasteiger partial charge on any atom is 0.343 e. The zero-order chi connectivity index (χ0) is 11.0. The Morgan fingerprint density at radius 2 is 2.13 bits per heavy atom. The summed E-state index contributed by atoms with van der Waals surface area (Å²) in [6.45, 7) is 1.67. The molecule has 3 nitrogen and oxygen atoms in total. The van der Waals surface area contributed by atoms with E-state index in [2.05, 4.69) is 4.98 Å². The van der Waals surface area contributed by atoms with Crippen LogP contribution in [0.5, 0.6) is 0 Å². The highest BCUT2D eigenvalue weighted by Gasteiger charge is 2.24. The molecule has 2 N–H and O–H groups in total. The SMILES string of the molecule is Cc1[nH]c2ccccc2c1C(F)C(=O)O. The molecule has 1 aromatic carbocycles. The Morgan fingerprint density at radius 3 is 2.80 bits per heavy atom. The van der Waals surface area contributed by atoms with Gasteiger partial charge in [0.25, 0.3) is 0 Å². The number of nitrogens with one attached hydrogen (secondary N) is 1. The van der Waals surface area contributed by atoms with E-state index in [1.807, 2.05) is 6.07 Å². The summed E-state index contributed by atoms with van der Waals surface area (Å²) in [5.74, 6) is -1.46. The second kappa shape index (κ2) is 3.38. The van der Waals surface area contributed by atoms with Crippen molar-refractivity contribution in [3.05, 3.63) is 35.5 Å². The minimum atomic E-state index is -1.97. The van der Waals surface area contributed by atoms with Crippen molar-refractivity contribution in [1.82, 2.24) is 4.98 Å².